The van der Waals surface area contributed by atoms with Crippen LogP contribution in [-0.2, 0) is 32.8 Å². The summed E-state index contributed by atoms with van der Waals surface area (Å²) in [5.74, 6) is -3.41. The van der Waals surface area contributed by atoms with Crippen molar-refractivity contribution in [3.05, 3.63) is 118 Å². The number of ether oxygens (including phenoxy) is 1. The Morgan fingerprint density at radius 1 is 1.04 bits per heavy atom. The number of hydrogen-bond donors (Lipinski definition) is 2. The number of methoxy groups -OCH3 is 1. The second-order valence-corrected chi connectivity index (χ2v) is 11.5. The summed E-state index contributed by atoms with van der Waals surface area (Å²) in [5, 5.41) is 19.6. The summed E-state index contributed by atoms with van der Waals surface area (Å²) >= 11 is 6.63. The Labute approximate surface area is 277 Å². The van der Waals surface area contributed by atoms with E-state index >= 15 is 0 Å². The summed E-state index contributed by atoms with van der Waals surface area (Å²) in [6, 6.07) is 21.6. The average molecular weight is 680 g/mol. The molecule has 5 aromatic rings. The molecule has 1 atom stereocenters. The zero-order valence-corrected chi connectivity index (χ0v) is 26.4. The van der Waals surface area contributed by atoms with E-state index in [0.717, 1.165) is 39.0 Å². The number of carboxylic acid groups (broad SMARTS) is 1. The molecule has 0 radical (unpaired) electrons. The monoisotopic (exact) mass is 679 g/mol. The highest BCUT2D eigenvalue weighted by Crippen LogP contribution is 2.40. The van der Waals surface area contributed by atoms with Gasteiger partial charge in [-0.15, -0.1) is 10.2 Å². The van der Waals surface area contributed by atoms with E-state index in [-0.39, 0.29) is 5.91 Å². The van der Waals surface area contributed by atoms with Crippen molar-refractivity contribution >= 4 is 46.4 Å². The second-order valence-electron chi connectivity index (χ2n) is 11.1. The van der Waals surface area contributed by atoms with Gasteiger partial charge < -0.3 is 19.7 Å². The number of aliphatic carboxylic acids is 1. The van der Waals surface area contributed by atoms with Gasteiger partial charge in [0, 0.05) is 33.9 Å². The molecule has 2 N–H and O–H groups in total. The summed E-state index contributed by atoms with van der Waals surface area (Å²) in [7, 11) is 1.37. The minimum Gasteiger partial charge on any atom is -0.475 e. The van der Waals surface area contributed by atoms with Crippen LogP contribution in [0, 0.1) is 6.92 Å². The van der Waals surface area contributed by atoms with Crippen molar-refractivity contribution in [2.75, 3.05) is 7.11 Å². The molecule has 48 heavy (non-hydrogen) atoms. The standard InChI is InChI=1S/C32H28ClN5O3.C2HF3O2/c1-21-8-12-28-26(16-21)24(11-13-30(39)41-2)29-14-15-32(18-38(28)29,22-6-4-3-5-7-22)36-31(40)25-10-9-23(17-27(25)33)37-19-34-35-20-37;3-2(4,5)1(6)7/h3-13,16-17,19-20H,14-15,18H2,1-2H3,(H,36,40);(H,6,7)/b13-11+;/t32-;/m1./s1. The molecule has 0 saturated heterocycles. The normalized spacial score (nSPS) is 15.8. The van der Waals surface area contributed by atoms with Gasteiger partial charge in [0.1, 0.15) is 12.7 Å². The topological polar surface area (TPSA) is 128 Å². The first-order chi connectivity index (χ1) is 22.8. The Morgan fingerprint density at radius 3 is 2.35 bits per heavy atom. The largest absolute Gasteiger partial charge is 0.490 e. The van der Waals surface area contributed by atoms with E-state index in [1.807, 2.05) is 30.3 Å². The first kappa shape index (κ1) is 33.9. The van der Waals surface area contributed by atoms with Crippen LogP contribution in [0.1, 0.15) is 39.2 Å². The van der Waals surface area contributed by atoms with Crippen LogP contribution in [0.25, 0.3) is 22.7 Å². The summed E-state index contributed by atoms with van der Waals surface area (Å²) < 4.78 is 40.6. The lowest BCUT2D eigenvalue weighted by Gasteiger charge is -2.40. The Bertz CT molecular complexity index is 2010. The highest BCUT2D eigenvalue weighted by Gasteiger charge is 2.40. The maximum absolute atomic E-state index is 13.8. The Kier molecular flexibility index (Phi) is 9.71. The number of amides is 1. The molecule has 0 saturated carbocycles. The molecule has 0 aliphatic carbocycles. The molecule has 3 aromatic carbocycles. The zero-order chi connectivity index (χ0) is 34.6. The maximum atomic E-state index is 13.8. The molecule has 6 rings (SSSR count). The van der Waals surface area contributed by atoms with Gasteiger partial charge in [-0.3, -0.25) is 9.36 Å². The highest BCUT2D eigenvalue weighted by atomic mass is 35.5. The van der Waals surface area contributed by atoms with Crippen molar-refractivity contribution in [2.45, 2.75) is 38.0 Å². The lowest BCUT2D eigenvalue weighted by molar-refractivity contribution is -0.192. The van der Waals surface area contributed by atoms with Gasteiger partial charge in [-0.25, -0.2) is 9.59 Å². The van der Waals surface area contributed by atoms with E-state index in [4.69, 9.17) is 26.2 Å². The SMILES string of the molecule is COC(=O)/C=C/c1c2n(c3ccc(C)cc13)C[C@@](NC(=O)c1ccc(-n3cnnc3)cc1Cl)(c1ccccc1)CC2.O=C(O)C(F)(F)F. The number of esters is 1. The number of nitrogens with zero attached hydrogens (tertiary/aromatic N) is 4. The number of carbonyl (C=O) groups excluding carboxylic acids is 2. The Morgan fingerprint density at radius 2 is 1.73 bits per heavy atom. The lowest BCUT2D eigenvalue weighted by Crippen LogP contribution is -2.51. The quantitative estimate of drug-likeness (QED) is 0.160. The number of aryl methyl sites for hydroxylation is 1. The molecular formula is C34H29ClF3N5O5. The van der Waals surface area contributed by atoms with Gasteiger partial charge in [0.2, 0.25) is 0 Å². The number of fused-ring (bicyclic) bond motifs is 3. The van der Waals surface area contributed by atoms with Crippen molar-refractivity contribution < 1.29 is 37.4 Å². The van der Waals surface area contributed by atoms with Gasteiger partial charge in [-0.05, 0) is 61.7 Å². The average Bonchev–Trinajstić information content (AvgIpc) is 3.70. The number of rotatable bonds is 6. The van der Waals surface area contributed by atoms with Gasteiger partial charge in [0.05, 0.1) is 29.8 Å². The summed E-state index contributed by atoms with van der Waals surface area (Å²) in [5.41, 5.74) is 5.75. The minimum atomic E-state index is -5.08. The molecule has 14 heteroatoms. The van der Waals surface area contributed by atoms with Crippen LogP contribution in [0.2, 0.25) is 5.02 Å². The number of carboxylic acids is 1. The lowest BCUT2D eigenvalue weighted by atomic mass is 9.81. The molecule has 0 fully saturated rings. The van der Waals surface area contributed by atoms with Gasteiger partial charge in [-0.2, -0.15) is 13.2 Å². The van der Waals surface area contributed by atoms with Gasteiger partial charge in [0.25, 0.3) is 5.91 Å². The predicted octanol–water partition coefficient (Wildman–Crippen LogP) is 6.28. The number of halogens is 4. The molecule has 0 bridgehead atoms. The number of benzene rings is 3. The fraction of sp³-hybridized carbons (Fsp3) is 0.206. The van der Waals surface area contributed by atoms with Gasteiger partial charge >= 0.3 is 18.1 Å². The molecule has 1 aliphatic heterocycles. The fourth-order valence-electron chi connectivity index (χ4n) is 5.72. The number of carbonyl (C=O) groups is 3. The Balaban J connectivity index is 0.000000582. The van der Waals surface area contributed by atoms with Crippen molar-refractivity contribution in [2.24, 2.45) is 0 Å². The Hall–Kier alpha value is -5.43. The smallest absolute Gasteiger partial charge is 0.475 e. The van der Waals surface area contributed by atoms with Crippen LogP contribution in [0.3, 0.4) is 0 Å². The van der Waals surface area contributed by atoms with Crippen molar-refractivity contribution in [1.82, 2.24) is 24.6 Å². The van der Waals surface area contributed by atoms with Crippen LogP contribution in [0.5, 0.6) is 0 Å². The van der Waals surface area contributed by atoms with Gasteiger partial charge in [-0.1, -0.05) is 53.6 Å². The van der Waals surface area contributed by atoms with E-state index in [2.05, 4.69) is 57.3 Å². The minimum absolute atomic E-state index is 0.254. The summed E-state index contributed by atoms with van der Waals surface area (Å²) in [6.07, 6.45) is 2.71. The van der Waals surface area contributed by atoms with Crippen molar-refractivity contribution in [3.8, 4) is 5.69 Å². The van der Waals surface area contributed by atoms with Crippen LogP contribution >= 0.6 is 11.6 Å². The summed E-state index contributed by atoms with van der Waals surface area (Å²) in [6.45, 7) is 2.57. The molecule has 3 heterocycles. The van der Waals surface area contributed by atoms with E-state index in [1.54, 1.807) is 29.4 Å². The second kappa shape index (κ2) is 13.7. The number of alkyl halides is 3. The highest BCUT2D eigenvalue weighted by molar-refractivity contribution is 6.34. The summed E-state index contributed by atoms with van der Waals surface area (Å²) in [4.78, 5) is 34.7. The number of nitrogens with one attached hydrogen (secondary N) is 1. The molecule has 10 nitrogen and oxygen atoms in total. The molecular weight excluding hydrogens is 651 g/mol. The van der Waals surface area contributed by atoms with E-state index in [0.29, 0.717) is 30.0 Å². The first-order valence-corrected chi connectivity index (χ1v) is 14.9. The molecule has 0 spiro atoms. The van der Waals surface area contributed by atoms with Gasteiger partial charge in [0.15, 0.2) is 0 Å². The third kappa shape index (κ3) is 7.10. The van der Waals surface area contributed by atoms with Crippen LogP contribution in [-0.4, -0.2) is 55.6 Å². The predicted molar refractivity (Wildman–Crippen MR) is 172 cm³/mol. The fourth-order valence-corrected chi connectivity index (χ4v) is 5.98. The van der Waals surface area contributed by atoms with E-state index in [9.17, 15) is 22.8 Å². The number of aromatic nitrogens is 4. The van der Waals surface area contributed by atoms with Crippen LogP contribution in [0.4, 0.5) is 13.2 Å². The molecule has 2 aromatic heterocycles. The van der Waals surface area contributed by atoms with Crippen molar-refractivity contribution in [3.63, 3.8) is 0 Å². The third-order valence-electron chi connectivity index (χ3n) is 8.01. The molecule has 1 aliphatic rings. The van der Waals surface area contributed by atoms with Crippen LogP contribution in [0.15, 0.2) is 85.5 Å². The third-order valence-corrected chi connectivity index (χ3v) is 8.32. The maximum Gasteiger partial charge on any atom is 0.490 e. The molecule has 1 amide bonds. The van der Waals surface area contributed by atoms with Crippen LogP contribution < -0.4 is 5.32 Å². The number of hydrogen-bond acceptors (Lipinski definition) is 6. The zero-order valence-electron chi connectivity index (χ0n) is 25.7. The first-order valence-electron chi connectivity index (χ1n) is 14.5. The van der Waals surface area contributed by atoms with E-state index in [1.165, 1.54) is 13.2 Å². The van der Waals surface area contributed by atoms with Crippen molar-refractivity contribution in [1.29, 1.82) is 0 Å². The van der Waals surface area contributed by atoms with E-state index < -0.39 is 23.7 Å². The molecule has 0 unspecified atom stereocenters. The molecule has 248 valence electrons.